The SMILES string of the molecule is Cn1c(-n2ccnc2)cc2ccc(-c3nsc(Nc4ccc(/C(C=N)=C/N)c(F)c4)n3)cc21. The highest BCUT2D eigenvalue weighted by Crippen LogP contribution is 2.29. The van der Waals surface area contributed by atoms with Crippen molar-refractivity contribution in [2.45, 2.75) is 0 Å². The Kier molecular flexibility index (Phi) is 5.19. The van der Waals surface area contributed by atoms with Crippen LogP contribution in [0.3, 0.4) is 0 Å². The summed E-state index contributed by atoms with van der Waals surface area (Å²) in [6, 6.07) is 12.8. The number of aryl methyl sites for hydroxylation is 1. The minimum Gasteiger partial charge on any atom is -0.404 e. The second kappa shape index (κ2) is 8.32. The molecule has 0 unspecified atom stereocenters. The number of nitrogens with two attached hydrogens (primary N) is 1. The number of benzene rings is 2. The van der Waals surface area contributed by atoms with Gasteiger partial charge < -0.3 is 21.0 Å². The van der Waals surface area contributed by atoms with Crippen molar-refractivity contribution < 1.29 is 4.39 Å². The average Bonchev–Trinajstić information content (AvgIpc) is 3.57. The van der Waals surface area contributed by atoms with Gasteiger partial charge in [-0.05, 0) is 30.3 Å². The third-order valence-corrected chi connectivity index (χ3v) is 5.97. The van der Waals surface area contributed by atoms with Crippen LogP contribution in [0.2, 0.25) is 0 Å². The van der Waals surface area contributed by atoms with Crippen molar-refractivity contribution in [3.63, 3.8) is 0 Å². The molecule has 2 aromatic carbocycles. The molecule has 5 rings (SSSR count). The fourth-order valence-corrected chi connectivity index (χ4v) is 4.26. The first kappa shape index (κ1) is 20.6. The number of fused-ring (bicyclic) bond motifs is 1. The highest BCUT2D eigenvalue weighted by Gasteiger charge is 2.13. The quantitative estimate of drug-likeness (QED) is 0.319. The fourth-order valence-electron chi connectivity index (χ4n) is 3.65. The smallest absolute Gasteiger partial charge is 0.207 e. The van der Waals surface area contributed by atoms with Gasteiger partial charge in [0.15, 0.2) is 5.82 Å². The van der Waals surface area contributed by atoms with Crippen LogP contribution in [0.4, 0.5) is 15.2 Å². The van der Waals surface area contributed by atoms with Crippen molar-refractivity contribution in [1.82, 2.24) is 23.5 Å². The van der Waals surface area contributed by atoms with Gasteiger partial charge in [0.1, 0.15) is 18.0 Å². The van der Waals surface area contributed by atoms with Gasteiger partial charge in [0.2, 0.25) is 5.13 Å². The van der Waals surface area contributed by atoms with Gasteiger partial charge in [-0.2, -0.15) is 9.36 Å². The molecule has 0 atom stereocenters. The number of nitrogens with zero attached hydrogens (tertiary/aromatic N) is 5. The largest absolute Gasteiger partial charge is 0.404 e. The first-order valence-corrected chi connectivity index (χ1v) is 10.8. The van der Waals surface area contributed by atoms with Gasteiger partial charge in [-0.15, -0.1) is 0 Å². The van der Waals surface area contributed by atoms with Gasteiger partial charge in [-0.3, -0.25) is 4.57 Å². The number of nitrogens with one attached hydrogen (secondary N) is 2. The summed E-state index contributed by atoms with van der Waals surface area (Å²) in [5.41, 5.74) is 8.50. The number of allylic oxidation sites excluding steroid dienone is 1. The van der Waals surface area contributed by atoms with Gasteiger partial charge in [0, 0.05) is 71.2 Å². The van der Waals surface area contributed by atoms with Crippen molar-refractivity contribution in [1.29, 1.82) is 5.41 Å². The lowest BCUT2D eigenvalue weighted by Gasteiger charge is -2.06. The number of imidazole rings is 1. The van der Waals surface area contributed by atoms with E-state index in [4.69, 9.17) is 11.1 Å². The van der Waals surface area contributed by atoms with Gasteiger partial charge in [0.25, 0.3) is 0 Å². The Labute approximate surface area is 192 Å². The van der Waals surface area contributed by atoms with Crippen molar-refractivity contribution in [3.05, 3.63) is 78.8 Å². The minimum atomic E-state index is -0.479. The molecule has 3 heterocycles. The molecule has 0 radical (unpaired) electrons. The molecule has 33 heavy (non-hydrogen) atoms. The molecule has 0 saturated heterocycles. The standard InChI is InChI=1S/C23H19FN8S/c1-31-20-8-15(3-2-14(20)9-21(31)32-7-6-27-13-32)22-29-23(33-30-22)28-17-4-5-18(19(24)10-17)16(11-25)12-26/h2-13,25H,26H2,1H3,(H,28,29,30)/b16-12+,25-11?. The van der Waals surface area contributed by atoms with E-state index in [1.165, 1.54) is 23.8 Å². The summed E-state index contributed by atoms with van der Waals surface area (Å²) >= 11 is 1.20. The molecule has 0 spiro atoms. The zero-order valence-corrected chi connectivity index (χ0v) is 18.3. The molecule has 0 amide bonds. The van der Waals surface area contributed by atoms with Crippen LogP contribution < -0.4 is 11.1 Å². The van der Waals surface area contributed by atoms with Crippen LogP contribution >= 0.6 is 11.5 Å². The Hall–Kier alpha value is -4.31. The van der Waals surface area contributed by atoms with Gasteiger partial charge in [-0.1, -0.05) is 12.1 Å². The van der Waals surface area contributed by atoms with Gasteiger partial charge >= 0.3 is 0 Å². The number of hydrogen-bond donors (Lipinski definition) is 3. The second-order valence-corrected chi connectivity index (χ2v) is 8.07. The topological polar surface area (TPSA) is 110 Å². The molecule has 0 aliphatic rings. The normalized spacial score (nSPS) is 11.8. The van der Waals surface area contributed by atoms with Crippen LogP contribution in [0, 0.1) is 11.2 Å². The van der Waals surface area contributed by atoms with Crippen molar-refractivity contribution in [2.75, 3.05) is 5.32 Å². The van der Waals surface area contributed by atoms with Crippen LogP contribution in [-0.2, 0) is 7.05 Å². The molecular weight excluding hydrogens is 439 g/mol. The van der Waals surface area contributed by atoms with E-state index in [1.807, 2.05) is 36.0 Å². The Morgan fingerprint density at radius 2 is 2.09 bits per heavy atom. The highest BCUT2D eigenvalue weighted by molar-refractivity contribution is 7.09. The molecule has 0 aliphatic carbocycles. The van der Waals surface area contributed by atoms with E-state index in [9.17, 15) is 4.39 Å². The maximum Gasteiger partial charge on any atom is 0.207 e. The van der Waals surface area contributed by atoms with Crippen LogP contribution in [-0.4, -0.2) is 29.7 Å². The van der Waals surface area contributed by atoms with E-state index in [0.29, 0.717) is 22.2 Å². The molecule has 0 saturated carbocycles. The lowest BCUT2D eigenvalue weighted by Crippen LogP contribution is -1.98. The Balaban J connectivity index is 1.41. The number of anilines is 2. The molecule has 164 valence electrons. The van der Waals surface area contributed by atoms with Crippen LogP contribution in [0.25, 0.3) is 33.7 Å². The van der Waals surface area contributed by atoms with E-state index < -0.39 is 5.82 Å². The summed E-state index contributed by atoms with van der Waals surface area (Å²) < 4.78 is 23.0. The van der Waals surface area contributed by atoms with E-state index >= 15 is 0 Å². The molecule has 3 aromatic heterocycles. The zero-order chi connectivity index (χ0) is 22.9. The summed E-state index contributed by atoms with van der Waals surface area (Å²) in [4.78, 5) is 8.69. The summed E-state index contributed by atoms with van der Waals surface area (Å²) in [7, 11) is 2.00. The Morgan fingerprint density at radius 3 is 2.82 bits per heavy atom. The van der Waals surface area contributed by atoms with Crippen molar-refractivity contribution >= 4 is 45.0 Å². The molecule has 0 bridgehead atoms. The molecule has 10 heteroatoms. The first-order valence-electron chi connectivity index (χ1n) is 9.98. The Bertz CT molecular complexity index is 1500. The molecule has 4 N–H and O–H groups in total. The number of hydrogen-bond acceptors (Lipinski definition) is 7. The summed E-state index contributed by atoms with van der Waals surface area (Å²) in [6.45, 7) is 0. The Morgan fingerprint density at radius 1 is 1.21 bits per heavy atom. The van der Waals surface area contributed by atoms with E-state index in [-0.39, 0.29) is 5.56 Å². The van der Waals surface area contributed by atoms with E-state index in [1.54, 1.807) is 24.7 Å². The summed E-state index contributed by atoms with van der Waals surface area (Å²) in [5, 5.41) is 12.1. The summed E-state index contributed by atoms with van der Waals surface area (Å²) in [5.74, 6) is 1.12. The predicted molar refractivity (Wildman–Crippen MR) is 130 cm³/mol. The van der Waals surface area contributed by atoms with Crippen molar-refractivity contribution in [3.8, 4) is 17.2 Å². The van der Waals surface area contributed by atoms with Crippen molar-refractivity contribution in [2.24, 2.45) is 12.8 Å². The lowest BCUT2D eigenvalue weighted by atomic mass is 10.1. The minimum absolute atomic E-state index is 0.266. The number of rotatable bonds is 6. The second-order valence-electron chi connectivity index (χ2n) is 7.31. The molecular formula is C23H19FN8S. The van der Waals surface area contributed by atoms with Gasteiger partial charge in [0.05, 0.1) is 5.52 Å². The predicted octanol–water partition coefficient (Wildman–Crippen LogP) is 4.71. The van der Waals surface area contributed by atoms with E-state index in [2.05, 4.69) is 30.3 Å². The van der Waals surface area contributed by atoms with E-state index in [0.717, 1.165) is 28.5 Å². The van der Waals surface area contributed by atoms with Crippen LogP contribution in [0.5, 0.6) is 0 Å². The average molecular weight is 459 g/mol. The maximum absolute atomic E-state index is 14.5. The molecule has 0 aliphatic heterocycles. The fraction of sp³-hybridized carbons (Fsp3) is 0.0435. The third kappa shape index (κ3) is 3.76. The maximum atomic E-state index is 14.5. The third-order valence-electron chi connectivity index (χ3n) is 5.34. The monoisotopic (exact) mass is 458 g/mol. The molecule has 5 aromatic rings. The first-order chi connectivity index (χ1) is 16.1. The molecule has 0 fully saturated rings. The van der Waals surface area contributed by atoms with Gasteiger partial charge in [-0.25, -0.2) is 9.37 Å². The van der Waals surface area contributed by atoms with Crippen LogP contribution in [0.1, 0.15) is 5.56 Å². The number of halogens is 1. The molecule has 8 nitrogen and oxygen atoms in total. The number of aromatic nitrogens is 5. The lowest BCUT2D eigenvalue weighted by molar-refractivity contribution is 0.625. The highest BCUT2D eigenvalue weighted by atomic mass is 32.1. The zero-order valence-electron chi connectivity index (χ0n) is 17.5. The van der Waals surface area contributed by atoms with Crippen LogP contribution in [0.15, 0.2) is 67.4 Å². The summed E-state index contributed by atoms with van der Waals surface area (Å²) in [6.07, 6.45) is 7.64.